The first-order valence-corrected chi connectivity index (χ1v) is 9.84. The van der Waals surface area contributed by atoms with E-state index in [0.29, 0.717) is 0 Å². The lowest BCUT2D eigenvalue weighted by Crippen LogP contribution is -2.48. The summed E-state index contributed by atoms with van der Waals surface area (Å²) in [6.45, 7) is 5.10. The highest BCUT2D eigenvalue weighted by molar-refractivity contribution is 5.79. The highest BCUT2D eigenvalue weighted by Gasteiger charge is 2.34. The topological polar surface area (TPSA) is 36.9 Å². The van der Waals surface area contributed by atoms with Crippen LogP contribution in [0.3, 0.4) is 0 Å². The summed E-state index contributed by atoms with van der Waals surface area (Å²) in [7, 11) is 3.86. The van der Waals surface area contributed by atoms with Gasteiger partial charge in [0.1, 0.15) is 5.82 Å². The third kappa shape index (κ3) is 4.71. The number of aryl methyl sites for hydroxylation is 1. The maximum atomic E-state index is 13.4. The smallest absolute Gasteiger partial charge is 0.193 e. The van der Waals surface area contributed by atoms with Crippen molar-refractivity contribution in [3.63, 3.8) is 0 Å². The van der Waals surface area contributed by atoms with E-state index in [1.54, 1.807) is 12.1 Å². The Labute approximate surface area is 167 Å². The number of halogens is 1. The van der Waals surface area contributed by atoms with Crippen molar-refractivity contribution in [1.82, 2.24) is 10.2 Å². The first-order chi connectivity index (χ1) is 13.5. The van der Waals surface area contributed by atoms with Crippen LogP contribution in [0.1, 0.15) is 29.5 Å². The van der Waals surface area contributed by atoms with Crippen LogP contribution >= 0.6 is 0 Å². The minimum Gasteiger partial charge on any atom is -0.381 e. The molecule has 3 rings (SSSR count). The number of nitrogens with zero attached hydrogens (tertiary/aromatic N) is 2. The highest BCUT2D eigenvalue weighted by Crippen LogP contribution is 2.34. The van der Waals surface area contributed by atoms with Crippen LogP contribution in [0.2, 0.25) is 0 Å². The third-order valence-electron chi connectivity index (χ3n) is 5.73. The van der Waals surface area contributed by atoms with Crippen LogP contribution in [0, 0.1) is 12.7 Å². The van der Waals surface area contributed by atoms with Gasteiger partial charge in [0, 0.05) is 45.8 Å². The summed E-state index contributed by atoms with van der Waals surface area (Å²) in [4.78, 5) is 6.62. The lowest BCUT2D eigenvalue weighted by atomic mass is 9.74. The van der Waals surface area contributed by atoms with Gasteiger partial charge in [0.05, 0.1) is 0 Å². The number of hydrogen-bond acceptors (Lipinski definition) is 2. The molecule has 1 aliphatic rings. The van der Waals surface area contributed by atoms with Crippen LogP contribution in [0.15, 0.2) is 53.5 Å². The van der Waals surface area contributed by atoms with Crippen molar-refractivity contribution < 1.29 is 9.13 Å². The summed E-state index contributed by atoms with van der Waals surface area (Å²) in [6, 6.07) is 15.3. The van der Waals surface area contributed by atoms with Crippen molar-refractivity contribution in [3.05, 3.63) is 71.0 Å². The molecule has 0 bridgehead atoms. The highest BCUT2D eigenvalue weighted by atomic mass is 19.1. The van der Waals surface area contributed by atoms with E-state index in [0.717, 1.165) is 50.7 Å². The summed E-state index contributed by atoms with van der Waals surface area (Å²) in [5, 5.41) is 3.56. The molecule has 1 heterocycles. The Morgan fingerprint density at radius 2 is 1.82 bits per heavy atom. The molecule has 0 radical (unpaired) electrons. The summed E-state index contributed by atoms with van der Waals surface area (Å²) in [5.41, 5.74) is 3.64. The maximum Gasteiger partial charge on any atom is 0.193 e. The van der Waals surface area contributed by atoms with Gasteiger partial charge in [0.15, 0.2) is 5.96 Å². The Balaban J connectivity index is 1.72. The van der Waals surface area contributed by atoms with Gasteiger partial charge in [-0.25, -0.2) is 4.39 Å². The van der Waals surface area contributed by atoms with E-state index in [9.17, 15) is 4.39 Å². The van der Waals surface area contributed by atoms with Crippen molar-refractivity contribution >= 4 is 5.96 Å². The van der Waals surface area contributed by atoms with Crippen LogP contribution in [0.5, 0.6) is 0 Å². The number of guanidine groups is 1. The normalized spacial score (nSPS) is 16.6. The van der Waals surface area contributed by atoms with Gasteiger partial charge in [0.2, 0.25) is 0 Å². The van der Waals surface area contributed by atoms with Gasteiger partial charge in [-0.05, 0) is 48.6 Å². The molecule has 2 aromatic carbocycles. The van der Waals surface area contributed by atoms with Crippen LogP contribution in [0.25, 0.3) is 0 Å². The molecule has 0 unspecified atom stereocenters. The van der Waals surface area contributed by atoms with E-state index in [1.165, 1.54) is 11.1 Å². The fraction of sp³-hybridized carbons (Fsp3) is 0.435. The largest absolute Gasteiger partial charge is 0.381 e. The summed E-state index contributed by atoms with van der Waals surface area (Å²) < 4.78 is 19.0. The van der Waals surface area contributed by atoms with E-state index in [1.807, 2.05) is 19.2 Å². The van der Waals surface area contributed by atoms with Gasteiger partial charge in [-0.2, -0.15) is 0 Å². The number of ether oxygens (including phenoxy) is 1. The first-order valence-electron chi connectivity index (χ1n) is 9.84. The molecule has 1 aliphatic heterocycles. The average Bonchev–Trinajstić information content (AvgIpc) is 2.71. The van der Waals surface area contributed by atoms with Crippen molar-refractivity contribution in [3.8, 4) is 0 Å². The molecule has 2 aromatic rings. The number of hydrogen-bond donors (Lipinski definition) is 1. The number of aliphatic imine (C=N–C) groups is 1. The second-order valence-electron chi connectivity index (χ2n) is 7.58. The zero-order chi connectivity index (χ0) is 20.0. The molecule has 0 amide bonds. The fourth-order valence-electron chi connectivity index (χ4n) is 3.88. The molecule has 0 atom stereocenters. The van der Waals surface area contributed by atoms with Gasteiger partial charge < -0.3 is 15.0 Å². The van der Waals surface area contributed by atoms with Gasteiger partial charge in [0.25, 0.3) is 0 Å². The maximum absolute atomic E-state index is 13.4. The quantitative estimate of drug-likeness (QED) is 0.629. The van der Waals surface area contributed by atoms with Crippen molar-refractivity contribution in [2.24, 2.45) is 4.99 Å². The van der Waals surface area contributed by atoms with Gasteiger partial charge in [-0.15, -0.1) is 0 Å². The molecule has 1 fully saturated rings. The van der Waals surface area contributed by atoms with E-state index in [4.69, 9.17) is 4.74 Å². The Hall–Kier alpha value is -2.40. The molecule has 1 N–H and O–H groups in total. The molecule has 5 heteroatoms. The number of nitrogens with one attached hydrogen (secondary N) is 1. The molecule has 4 nitrogen and oxygen atoms in total. The van der Waals surface area contributed by atoms with Gasteiger partial charge >= 0.3 is 0 Å². The summed E-state index contributed by atoms with van der Waals surface area (Å²) in [5.74, 6) is 0.656. The second-order valence-corrected chi connectivity index (χ2v) is 7.58. The molecule has 0 saturated carbocycles. The lowest BCUT2D eigenvalue weighted by molar-refractivity contribution is 0.0512. The van der Waals surface area contributed by atoms with Crippen LogP contribution in [-0.2, 0) is 16.7 Å². The predicted octanol–water partition coefficient (Wildman–Crippen LogP) is 3.89. The number of benzene rings is 2. The second kappa shape index (κ2) is 9.20. The van der Waals surface area contributed by atoms with Crippen molar-refractivity contribution in [1.29, 1.82) is 0 Å². The molecule has 1 saturated heterocycles. The molecule has 0 spiro atoms. The standard InChI is InChI=1S/C23H30FN3O/c1-18-6-4-5-7-19(18)16-27(3)22(25-2)26-17-23(12-14-28-15-13-23)20-8-10-21(24)11-9-20/h4-11H,12-17H2,1-3H3,(H,25,26). The summed E-state index contributed by atoms with van der Waals surface area (Å²) in [6.07, 6.45) is 1.81. The average molecular weight is 384 g/mol. The van der Waals surface area contributed by atoms with Crippen molar-refractivity contribution in [2.75, 3.05) is 33.9 Å². The monoisotopic (exact) mass is 383 g/mol. The predicted molar refractivity (Wildman–Crippen MR) is 112 cm³/mol. The molecule has 0 aromatic heterocycles. The molecule has 28 heavy (non-hydrogen) atoms. The van der Waals surface area contributed by atoms with Crippen LogP contribution < -0.4 is 5.32 Å². The van der Waals surface area contributed by atoms with E-state index in [2.05, 4.69) is 53.4 Å². The molecular formula is C23H30FN3O. The first kappa shape index (κ1) is 20.3. The van der Waals surface area contributed by atoms with Crippen molar-refractivity contribution in [2.45, 2.75) is 31.7 Å². The zero-order valence-corrected chi connectivity index (χ0v) is 17.0. The van der Waals surface area contributed by atoms with Crippen LogP contribution in [0.4, 0.5) is 4.39 Å². The Bertz CT molecular complexity index is 798. The Morgan fingerprint density at radius 3 is 2.46 bits per heavy atom. The Kier molecular flexibility index (Phi) is 6.68. The van der Waals surface area contributed by atoms with Crippen LogP contribution in [-0.4, -0.2) is 44.7 Å². The van der Waals surface area contributed by atoms with E-state index < -0.39 is 0 Å². The van der Waals surface area contributed by atoms with Gasteiger partial charge in [-0.3, -0.25) is 4.99 Å². The van der Waals surface area contributed by atoms with Gasteiger partial charge in [-0.1, -0.05) is 36.4 Å². The lowest BCUT2D eigenvalue weighted by Gasteiger charge is -2.39. The minimum atomic E-state index is -0.201. The zero-order valence-electron chi connectivity index (χ0n) is 17.0. The third-order valence-corrected chi connectivity index (χ3v) is 5.73. The minimum absolute atomic E-state index is 0.0780. The SMILES string of the molecule is CN=C(NCC1(c2ccc(F)cc2)CCOCC1)N(C)Cc1ccccc1C. The fourth-order valence-corrected chi connectivity index (χ4v) is 3.88. The molecular weight excluding hydrogens is 353 g/mol. The number of rotatable bonds is 5. The molecule has 150 valence electrons. The summed E-state index contributed by atoms with van der Waals surface area (Å²) >= 11 is 0. The Morgan fingerprint density at radius 1 is 1.14 bits per heavy atom. The molecule has 0 aliphatic carbocycles. The van der Waals surface area contributed by atoms with E-state index in [-0.39, 0.29) is 11.2 Å². The van der Waals surface area contributed by atoms with E-state index >= 15 is 0 Å².